The van der Waals surface area contributed by atoms with E-state index in [1.807, 2.05) is 0 Å². The van der Waals surface area contributed by atoms with Crippen LogP contribution in [0, 0.1) is 5.92 Å². The molecular weight excluding hydrogens is 322 g/mol. The molecule has 5 nitrogen and oxygen atoms in total. The Morgan fingerprint density at radius 1 is 0.962 bits per heavy atom. The number of hydrogen-bond acceptors (Lipinski definition) is 5. The average molecular weight is 351 g/mol. The zero-order chi connectivity index (χ0) is 17.6. The highest BCUT2D eigenvalue weighted by Crippen LogP contribution is 2.25. The van der Waals surface area contributed by atoms with Crippen molar-refractivity contribution in [2.24, 2.45) is 5.92 Å². The number of nitrogens with one attached hydrogen (secondary N) is 1. The van der Waals surface area contributed by atoms with Crippen molar-refractivity contribution in [1.82, 2.24) is 15.2 Å². The summed E-state index contributed by atoms with van der Waals surface area (Å²) in [4.78, 5) is 7.03. The summed E-state index contributed by atoms with van der Waals surface area (Å²) < 4.78 is 0. The van der Waals surface area contributed by atoms with Gasteiger partial charge in [0.25, 0.3) is 0 Å². The van der Waals surface area contributed by atoms with Gasteiger partial charge in [0.1, 0.15) is 0 Å². The van der Waals surface area contributed by atoms with Crippen LogP contribution in [0.5, 0.6) is 0 Å². The molecule has 2 fully saturated rings. The molecule has 1 saturated heterocycles. The summed E-state index contributed by atoms with van der Waals surface area (Å²) in [5.41, 5.74) is 1.45. The molecule has 4 rings (SSSR count). The molecule has 5 heteroatoms. The van der Waals surface area contributed by atoms with Crippen LogP contribution in [0.1, 0.15) is 50.5 Å². The first-order valence-electron chi connectivity index (χ1n) is 10.1. The number of aromatic nitrogens is 3. The Balaban J connectivity index is 1.31. The number of anilines is 2. The van der Waals surface area contributed by atoms with Crippen molar-refractivity contribution in [3.63, 3.8) is 0 Å². The zero-order valence-electron chi connectivity index (χ0n) is 15.5. The maximum absolute atomic E-state index is 4.74. The van der Waals surface area contributed by atoms with E-state index < -0.39 is 0 Å². The van der Waals surface area contributed by atoms with E-state index in [4.69, 9.17) is 4.98 Å². The lowest BCUT2D eigenvalue weighted by molar-refractivity contribution is 0.400. The summed E-state index contributed by atoms with van der Waals surface area (Å²) in [5.74, 6) is 2.42. The Kier molecular flexibility index (Phi) is 5.62. The lowest BCUT2D eigenvalue weighted by Gasteiger charge is -2.32. The molecule has 0 unspecified atom stereocenters. The van der Waals surface area contributed by atoms with Crippen molar-refractivity contribution in [2.75, 3.05) is 23.3 Å². The second-order valence-electron chi connectivity index (χ2n) is 7.74. The molecular formula is C21H29N5. The third kappa shape index (κ3) is 4.51. The second kappa shape index (κ2) is 8.47. The van der Waals surface area contributed by atoms with E-state index >= 15 is 0 Å². The van der Waals surface area contributed by atoms with Gasteiger partial charge in [-0.2, -0.15) is 10.1 Å². The summed E-state index contributed by atoms with van der Waals surface area (Å²) in [5, 5.41) is 12.0. The summed E-state index contributed by atoms with van der Waals surface area (Å²) in [6.07, 6.45) is 11.8. The summed E-state index contributed by atoms with van der Waals surface area (Å²) in [6.45, 7) is 2.04. The highest BCUT2D eigenvalue weighted by molar-refractivity contribution is 5.40. The predicted molar refractivity (Wildman–Crippen MR) is 105 cm³/mol. The van der Waals surface area contributed by atoms with Crippen LogP contribution < -0.4 is 10.2 Å². The Hall–Kier alpha value is -2.17. The van der Waals surface area contributed by atoms with Gasteiger partial charge >= 0.3 is 0 Å². The number of rotatable bonds is 5. The van der Waals surface area contributed by atoms with Crippen LogP contribution in [0.3, 0.4) is 0 Å². The first-order chi connectivity index (χ1) is 12.9. The number of benzene rings is 1. The number of nitrogens with zero attached hydrogens (tertiary/aromatic N) is 4. The molecule has 1 N–H and O–H groups in total. The van der Waals surface area contributed by atoms with Gasteiger partial charge in [-0.05, 0) is 43.6 Å². The van der Waals surface area contributed by atoms with E-state index in [1.165, 1.54) is 56.9 Å². The van der Waals surface area contributed by atoms with E-state index in [2.05, 4.69) is 50.7 Å². The fourth-order valence-electron chi connectivity index (χ4n) is 4.24. The molecule has 0 spiro atoms. The molecule has 1 aromatic carbocycles. The van der Waals surface area contributed by atoms with Crippen LogP contribution in [0.2, 0.25) is 0 Å². The van der Waals surface area contributed by atoms with Gasteiger partial charge in [0.05, 0.1) is 6.20 Å². The molecule has 2 aromatic rings. The molecule has 0 atom stereocenters. The first kappa shape index (κ1) is 17.3. The quantitative estimate of drug-likeness (QED) is 0.880. The first-order valence-corrected chi connectivity index (χ1v) is 10.1. The third-order valence-electron chi connectivity index (χ3n) is 5.77. The van der Waals surface area contributed by atoms with E-state index in [1.54, 1.807) is 6.20 Å². The lowest BCUT2D eigenvalue weighted by atomic mass is 9.90. The van der Waals surface area contributed by atoms with Crippen molar-refractivity contribution in [1.29, 1.82) is 0 Å². The monoisotopic (exact) mass is 351 g/mol. The molecule has 0 bridgehead atoms. The van der Waals surface area contributed by atoms with Crippen molar-refractivity contribution >= 4 is 11.8 Å². The maximum Gasteiger partial charge on any atom is 0.247 e. The Labute approximate surface area is 156 Å². The maximum atomic E-state index is 4.74. The highest BCUT2D eigenvalue weighted by atomic mass is 15.3. The van der Waals surface area contributed by atoms with Crippen LogP contribution in [0.25, 0.3) is 0 Å². The van der Waals surface area contributed by atoms with Crippen LogP contribution in [-0.4, -0.2) is 34.3 Å². The smallest absolute Gasteiger partial charge is 0.247 e. The molecule has 1 aromatic heterocycles. The van der Waals surface area contributed by atoms with Gasteiger partial charge in [0, 0.05) is 19.1 Å². The highest BCUT2D eigenvalue weighted by Gasteiger charge is 2.22. The topological polar surface area (TPSA) is 53.9 Å². The van der Waals surface area contributed by atoms with Gasteiger partial charge < -0.3 is 10.2 Å². The molecule has 1 aliphatic carbocycles. The zero-order valence-corrected chi connectivity index (χ0v) is 15.5. The molecule has 0 amide bonds. The minimum Gasteiger partial charge on any atom is -0.366 e. The minimum absolute atomic E-state index is 0.546. The molecule has 2 heterocycles. The van der Waals surface area contributed by atoms with E-state index in [0.29, 0.717) is 6.04 Å². The minimum atomic E-state index is 0.546. The van der Waals surface area contributed by atoms with Gasteiger partial charge in [0.15, 0.2) is 5.82 Å². The molecule has 1 saturated carbocycles. The predicted octanol–water partition coefficient (Wildman–Crippen LogP) is 4.08. The standard InChI is InChI=1S/C21H29N5/c1-3-7-17(8-4-1)15-18-11-13-26(14-12-18)21-24-20(16-22-25-21)23-19-9-5-2-6-10-19/h1,3-4,7-8,16,18-19H,2,5-6,9-15H2,(H,23,24,25). The normalized spacial score (nSPS) is 19.5. The lowest BCUT2D eigenvalue weighted by Crippen LogP contribution is -2.36. The fraction of sp³-hybridized carbons (Fsp3) is 0.571. The van der Waals surface area contributed by atoms with Crippen molar-refractivity contribution in [3.8, 4) is 0 Å². The molecule has 0 radical (unpaired) electrons. The summed E-state index contributed by atoms with van der Waals surface area (Å²) in [7, 11) is 0. The van der Waals surface area contributed by atoms with Gasteiger partial charge in [-0.3, -0.25) is 0 Å². The molecule has 138 valence electrons. The van der Waals surface area contributed by atoms with Gasteiger partial charge in [-0.15, -0.1) is 5.10 Å². The van der Waals surface area contributed by atoms with Crippen LogP contribution >= 0.6 is 0 Å². The van der Waals surface area contributed by atoms with E-state index in [-0.39, 0.29) is 0 Å². The van der Waals surface area contributed by atoms with Crippen molar-refractivity contribution in [3.05, 3.63) is 42.1 Å². The Bertz CT molecular complexity index is 676. The van der Waals surface area contributed by atoms with Crippen LogP contribution in [0.15, 0.2) is 36.5 Å². The van der Waals surface area contributed by atoms with Crippen LogP contribution in [0.4, 0.5) is 11.8 Å². The molecule has 2 aliphatic rings. The molecule has 1 aliphatic heterocycles. The van der Waals surface area contributed by atoms with Crippen LogP contribution in [-0.2, 0) is 6.42 Å². The van der Waals surface area contributed by atoms with Crippen molar-refractivity contribution < 1.29 is 0 Å². The Morgan fingerprint density at radius 3 is 2.50 bits per heavy atom. The SMILES string of the molecule is c1ccc(CC2CCN(c3nncc(NC4CCCCC4)n3)CC2)cc1. The Morgan fingerprint density at radius 2 is 1.73 bits per heavy atom. The second-order valence-corrected chi connectivity index (χ2v) is 7.74. The third-order valence-corrected chi connectivity index (χ3v) is 5.77. The number of hydrogen-bond donors (Lipinski definition) is 1. The summed E-state index contributed by atoms with van der Waals surface area (Å²) >= 11 is 0. The number of piperidine rings is 1. The van der Waals surface area contributed by atoms with E-state index in [9.17, 15) is 0 Å². The average Bonchev–Trinajstić information content (AvgIpc) is 2.70. The largest absolute Gasteiger partial charge is 0.366 e. The van der Waals surface area contributed by atoms with Gasteiger partial charge in [-0.25, -0.2) is 0 Å². The fourth-order valence-corrected chi connectivity index (χ4v) is 4.24. The van der Waals surface area contributed by atoms with Gasteiger partial charge in [-0.1, -0.05) is 49.6 Å². The van der Waals surface area contributed by atoms with Crippen molar-refractivity contribution in [2.45, 2.75) is 57.4 Å². The van der Waals surface area contributed by atoms with E-state index in [0.717, 1.165) is 30.8 Å². The molecule has 26 heavy (non-hydrogen) atoms. The summed E-state index contributed by atoms with van der Waals surface area (Å²) in [6, 6.07) is 11.4. The van der Waals surface area contributed by atoms with Gasteiger partial charge in [0.2, 0.25) is 5.95 Å².